The highest BCUT2D eigenvalue weighted by Gasteiger charge is 2.44. The minimum absolute atomic E-state index is 0.0407. The maximum absolute atomic E-state index is 13.9. The first kappa shape index (κ1) is 46.1. The molecule has 0 bridgehead atoms. The lowest BCUT2D eigenvalue weighted by Gasteiger charge is -2.35. The number of aromatic amines is 1. The minimum atomic E-state index is -4.05. The van der Waals surface area contributed by atoms with Gasteiger partial charge in [-0.1, -0.05) is 74.8 Å². The number of anilines is 1. The SMILES string of the molecule is Cc1ncsc1-c1ccc(CNC(=O)[C@@H]2C[C@@H](O)CN2C(=O)[C@@H](NC(=O)COCCOCCNC(=O)c2cccc(S(=O)(=O)Nc3cccc4c(Cl)c[nH]c34)c2)C(C)(C)C)cc1. The van der Waals surface area contributed by atoms with Gasteiger partial charge in [-0.15, -0.1) is 11.3 Å². The van der Waals surface area contributed by atoms with Crippen LogP contribution in [0.4, 0.5) is 5.69 Å². The van der Waals surface area contributed by atoms with Crippen molar-refractivity contribution in [2.24, 2.45) is 5.41 Å². The van der Waals surface area contributed by atoms with Crippen LogP contribution in [0.3, 0.4) is 0 Å². The Morgan fingerprint density at radius 2 is 1.76 bits per heavy atom. The molecule has 0 saturated carbocycles. The summed E-state index contributed by atoms with van der Waals surface area (Å²) in [5.41, 5.74) is 4.88. The summed E-state index contributed by atoms with van der Waals surface area (Å²) in [5, 5.41) is 20.0. The Kier molecular flexibility index (Phi) is 15.0. The lowest BCUT2D eigenvalue weighted by Crippen LogP contribution is -2.58. The third-order valence-electron chi connectivity index (χ3n) is 10.2. The molecule has 3 aromatic carbocycles. The number of sulfonamides is 1. The second-order valence-corrected chi connectivity index (χ2v) is 18.8. The van der Waals surface area contributed by atoms with Gasteiger partial charge in [0, 0.05) is 43.2 Å². The number of para-hydroxylation sites is 1. The Labute approximate surface area is 368 Å². The number of thiazole rings is 1. The van der Waals surface area contributed by atoms with Gasteiger partial charge < -0.3 is 40.4 Å². The molecule has 16 nitrogen and oxygen atoms in total. The monoisotopic (exact) mass is 907 g/mol. The molecular weight excluding hydrogens is 858 g/mol. The number of aromatic nitrogens is 2. The fourth-order valence-corrected chi connectivity index (χ4v) is 9.06. The number of fused-ring (bicyclic) bond motifs is 1. The van der Waals surface area contributed by atoms with Crippen molar-refractivity contribution in [3.05, 3.63) is 100 Å². The van der Waals surface area contributed by atoms with E-state index in [1.807, 2.05) is 31.2 Å². The fraction of sp³-hybridized carbons (Fsp3) is 0.372. The summed E-state index contributed by atoms with van der Waals surface area (Å²) in [7, 11) is -4.05. The van der Waals surface area contributed by atoms with Gasteiger partial charge in [-0.05, 0) is 47.7 Å². The number of aliphatic hydroxyl groups is 1. The summed E-state index contributed by atoms with van der Waals surface area (Å²) in [4.78, 5) is 62.7. The summed E-state index contributed by atoms with van der Waals surface area (Å²) in [6.07, 6.45) is 0.731. The molecule has 330 valence electrons. The molecule has 5 aromatic rings. The molecular formula is C43H50ClN7O9S2. The van der Waals surface area contributed by atoms with E-state index in [0.717, 1.165) is 21.7 Å². The van der Waals surface area contributed by atoms with E-state index >= 15 is 0 Å². The molecule has 0 spiro atoms. The molecule has 1 aliphatic heterocycles. The van der Waals surface area contributed by atoms with Gasteiger partial charge in [0.15, 0.2) is 0 Å². The number of β-amino-alcohol motifs (C(OH)–C–C–N with tert-alkyl or cyclic N) is 1. The van der Waals surface area contributed by atoms with Gasteiger partial charge in [-0.2, -0.15) is 0 Å². The topological polar surface area (TPSA) is 221 Å². The molecule has 6 rings (SSSR count). The normalized spacial score (nSPS) is 15.9. The number of benzene rings is 3. The van der Waals surface area contributed by atoms with Crippen LogP contribution in [0.2, 0.25) is 5.02 Å². The summed E-state index contributed by atoms with van der Waals surface area (Å²) in [6, 6.07) is 16.5. The number of aryl methyl sites for hydroxylation is 1. The number of rotatable bonds is 18. The first-order valence-electron chi connectivity index (χ1n) is 19.9. The largest absolute Gasteiger partial charge is 0.391 e. The summed E-state index contributed by atoms with van der Waals surface area (Å²) in [5.74, 6) is -1.94. The lowest BCUT2D eigenvalue weighted by atomic mass is 9.85. The Morgan fingerprint density at radius 1 is 1.02 bits per heavy atom. The molecule has 0 aliphatic carbocycles. The second-order valence-electron chi connectivity index (χ2n) is 15.9. The number of halogens is 1. The Morgan fingerprint density at radius 3 is 2.48 bits per heavy atom. The predicted octanol–water partition coefficient (Wildman–Crippen LogP) is 4.63. The average molecular weight is 909 g/mol. The molecule has 6 N–H and O–H groups in total. The van der Waals surface area contributed by atoms with Crippen molar-refractivity contribution in [3.8, 4) is 10.4 Å². The maximum Gasteiger partial charge on any atom is 0.261 e. The second kappa shape index (κ2) is 20.2. The van der Waals surface area contributed by atoms with Crippen molar-refractivity contribution in [1.29, 1.82) is 0 Å². The van der Waals surface area contributed by atoms with E-state index in [4.69, 9.17) is 21.1 Å². The van der Waals surface area contributed by atoms with Crippen LogP contribution in [0.5, 0.6) is 0 Å². The highest BCUT2D eigenvalue weighted by atomic mass is 35.5. The number of likely N-dealkylation sites (tertiary alicyclic amines) is 1. The molecule has 1 aliphatic rings. The van der Waals surface area contributed by atoms with Gasteiger partial charge in [-0.3, -0.25) is 23.9 Å². The summed E-state index contributed by atoms with van der Waals surface area (Å²) in [6.45, 7) is 7.51. The molecule has 3 atom stereocenters. The zero-order valence-electron chi connectivity index (χ0n) is 34.7. The summed E-state index contributed by atoms with van der Waals surface area (Å²) < 4.78 is 39.9. The number of H-pyrrole nitrogens is 1. The first-order valence-corrected chi connectivity index (χ1v) is 22.6. The number of hydrogen-bond acceptors (Lipinski definition) is 11. The van der Waals surface area contributed by atoms with Gasteiger partial charge in [0.1, 0.15) is 18.7 Å². The smallest absolute Gasteiger partial charge is 0.261 e. The van der Waals surface area contributed by atoms with Crippen LogP contribution in [-0.2, 0) is 40.4 Å². The van der Waals surface area contributed by atoms with E-state index in [0.29, 0.717) is 21.6 Å². The highest BCUT2D eigenvalue weighted by Crippen LogP contribution is 2.31. The predicted molar refractivity (Wildman–Crippen MR) is 236 cm³/mol. The zero-order valence-corrected chi connectivity index (χ0v) is 37.1. The molecule has 1 saturated heterocycles. The van der Waals surface area contributed by atoms with Crippen LogP contribution in [0.1, 0.15) is 48.8 Å². The maximum atomic E-state index is 13.9. The number of nitrogens with zero attached hydrogens (tertiary/aromatic N) is 2. The van der Waals surface area contributed by atoms with Crippen LogP contribution in [0.25, 0.3) is 21.3 Å². The van der Waals surface area contributed by atoms with E-state index < -0.39 is 57.3 Å². The van der Waals surface area contributed by atoms with Crippen molar-refractivity contribution in [1.82, 2.24) is 30.8 Å². The van der Waals surface area contributed by atoms with Gasteiger partial charge in [0.25, 0.3) is 15.9 Å². The average Bonchev–Trinajstić information content (AvgIpc) is 3.97. The van der Waals surface area contributed by atoms with Crippen LogP contribution in [0.15, 0.2) is 83.3 Å². The van der Waals surface area contributed by atoms with Crippen molar-refractivity contribution in [2.75, 3.05) is 44.2 Å². The number of carbonyl (C=O) groups excluding carboxylic acids is 4. The molecule has 2 aromatic heterocycles. The molecule has 1 fully saturated rings. The molecule has 19 heteroatoms. The molecule has 0 radical (unpaired) electrons. The summed E-state index contributed by atoms with van der Waals surface area (Å²) >= 11 is 7.73. The number of amides is 4. The molecule has 3 heterocycles. The van der Waals surface area contributed by atoms with Crippen molar-refractivity contribution < 1.29 is 42.2 Å². The third kappa shape index (κ3) is 11.6. The quantitative estimate of drug-likeness (QED) is 0.0670. The third-order valence-corrected chi connectivity index (χ3v) is 12.8. The van der Waals surface area contributed by atoms with Crippen molar-refractivity contribution in [2.45, 2.75) is 63.7 Å². The van der Waals surface area contributed by atoms with Gasteiger partial charge in [-0.25, -0.2) is 13.4 Å². The molecule has 62 heavy (non-hydrogen) atoms. The number of hydrogen-bond donors (Lipinski definition) is 6. The van der Waals surface area contributed by atoms with E-state index in [1.54, 1.807) is 62.0 Å². The highest BCUT2D eigenvalue weighted by molar-refractivity contribution is 7.92. The van der Waals surface area contributed by atoms with E-state index in [9.17, 15) is 32.7 Å². The number of nitrogens with one attached hydrogen (secondary N) is 5. The Balaban J connectivity index is 0.907. The van der Waals surface area contributed by atoms with E-state index in [2.05, 4.69) is 30.6 Å². The standard InChI is InChI=1S/C43H50ClN7O9S2/c1-26-38(61-25-48-26)28-13-11-27(12-14-28)21-47-41(55)35-20-30(52)23-51(35)42(56)39(43(2,3)4)49-36(53)24-60-18-17-59-16-15-45-40(54)29-7-5-8-31(19-29)62(57,58)50-34-10-6-9-32-33(44)22-46-37(32)34/h5-14,19,22,25,30,35,39,46,50,52H,15-18,20-21,23-24H2,1-4H3,(H,45,54)(H,47,55)(H,49,53)/t30-,35+,39-/m1/s1. The number of ether oxygens (including phenoxy) is 2. The van der Waals surface area contributed by atoms with Crippen LogP contribution in [-0.4, -0.2) is 110 Å². The molecule has 0 unspecified atom stereocenters. The fourth-order valence-electron chi connectivity index (χ4n) is 6.92. The number of carbonyl (C=O) groups is 4. The Hall–Kier alpha value is -5.37. The lowest BCUT2D eigenvalue weighted by molar-refractivity contribution is -0.144. The first-order chi connectivity index (χ1) is 29.5. The van der Waals surface area contributed by atoms with Gasteiger partial charge in [0.05, 0.1) is 63.1 Å². The minimum Gasteiger partial charge on any atom is -0.391 e. The van der Waals surface area contributed by atoms with Gasteiger partial charge in [0.2, 0.25) is 17.7 Å². The Bertz CT molecular complexity index is 2500. The zero-order chi connectivity index (χ0) is 44.6. The van der Waals surface area contributed by atoms with Crippen LogP contribution in [0, 0.1) is 12.3 Å². The van der Waals surface area contributed by atoms with Crippen LogP contribution >= 0.6 is 22.9 Å². The van der Waals surface area contributed by atoms with Gasteiger partial charge >= 0.3 is 0 Å². The molecule has 4 amide bonds. The van der Waals surface area contributed by atoms with E-state index in [-0.39, 0.29) is 62.9 Å². The van der Waals surface area contributed by atoms with Crippen molar-refractivity contribution in [3.63, 3.8) is 0 Å². The number of aliphatic hydroxyl groups excluding tert-OH is 1. The van der Waals surface area contributed by atoms with Crippen LogP contribution < -0.4 is 20.7 Å². The van der Waals surface area contributed by atoms with Crippen molar-refractivity contribution >= 4 is 73.2 Å². The van der Waals surface area contributed by atoms with E-state index in [1.165, 1.54) is 29.2 Å².